The van der Waals surface area contributed by atoms with Gasteiger partial charge in [0.05, 0.1) is 0 Å². The number of sulfonamides is 1. The van der Waals surface area contributed by atoms with Gasteiger partial charge in [-0.3, -0.25) is 0 Å². The topological polar surface area (TPSA) is 98.2 Å². The monoisotopic (exact) mass is 345 g/mol. The molecule has 19 heavy (non-hydrogen) atoms. The lowest BCUT2D eigenvalue weighted by Gasteiger charge is -2.08. The third-order valence-electron chi connectivity index (χ3n) is 2.37. The van der Waals surface area contributed by atoms with Crippen molar-refractivity contribution in [1.82, 2.24) is 4.98 Å². The summed E-state index contributed by atoms with van der Waals surface area (Å²) in [4.78, 5) is 3.95. The van der Waals surface area contributed by atoms with E-state index in [0.29, 0.717) is 17.6 Å². The second-order valence-corrected chi connectivity index (χ2v) is 6.09. The minimum atomic E-state index is -3.78. The summed E-state index contributed by atoms with van der Waals surface area (Å²) in [5.41, 5.74) is 0. The fourth-order valence-electron chi connectivity index (χ4n) is 1.54. The molecule has 3 N–H and O–H groups in total. The smallest absolute Gasteiger partial charge is 0.241 e. The quantitative estimate of drug-likeness (QED) is 0.859. The van der Waals surface area contributed by atoms with E-state index in [-0.39, 0.29) is 10.7 Å². The van der Waals surface area contributed by atoms with Gasteiger partial charge in [-0.15, -0.1) is 0 Å². The number of pyridine rings is 1. The van der Waals surface area contributed by atoms with Crippen molar-refractivity contribution in [3.8, 4) is 0 Å². The highest BCUT2D eigenvalue weighted by Crippen LogP contribution is 2.17. The van der Waals surface area contributed by atoms with Crippen LogP contribution in [0.2, 0.25) is 0 Å². The van der Waals surface area contributed by atoms with Crippen LogP contribution in [0.15, 0.2) is 44.4 Å². The van der Waals surface area contributed by atoms with Crippen molar-refractivity contribution in [2.24, 2.45) is 5.14 Å². The first-order valence-electron chi connectivity index (χ1n) is 5.43. The van der Waals surface area contributed by atoms with Crippen LogP contribution in [0.5, 0.6) is 0 Å². The summed E-state index contributed by atoms with van der Waals surface area (Å²) >= 11 is 3.21. The second-order valence-electron chi connectivity index (χ2n) is 3.78. The van der Waals surface area contributed by atoms with Crippen LogP contribution < -0.4 is 10.5 Å². The summed E-state index contributed by atoms with van der Waals surface area (Å²) in [7, 11) is -3.78. The van der Waals surface area contributed by atoms with Gasteiger partial charge >= 0.3 is 0 Å². The van der Waals surface area contributed by atoms with Crippen LogP contribution in [0.1, 0.15) is 5.76 Å². The molecule has 0 spiro atoms. The number of furan rings is 1. The van der Waals surface area contributed by atoms with Gasteiger partial charge in [0.25, 0.3) is 0 Å². The summed E-state index contributed by atoms with van der Waals surface area (Å²) < 4.78 is 28.7. The predicted octanol–water partition coefficient (Wildman–Crippen LogP) is 1.74. The number of nitrogens with two attached hydrogens (primary N) is 1. The Balaban J connectivity index is 2.04. The zero-order valence-corrected chi connectivity index (χ0v) is 12.2. The Kier molecular flexibility index (Phi) is 4.23. The molecule has 2 rings (SSSR count). The molecular weight excluding hydrogens is 334 g/mol. The van der Waals surface area contributed by atoms with Gasteiger partial charge in [-0.25, -0.2) is 18.5 Å². The van der Waals surface area contributed by atoms with Crippen LogP contribution in [0.25, 0.3) is 0 Å². The van der Waals surface area contributed by atoms with Crippen LogP contribution >= 0.6 is 15.9 Å². The molecule has 6 nitrogen and oxygen atoms in total. The number of primary sulfonamides is 1. The lowest BCUT2D eigenvalue weighted by atomic mass is 10.3. The van der Waals surface area contributed by atoms with E-state index in [1.54, 1.807) is 6.07 Å². The highest BCUT2D eigenvalue weighted by molar-refractivity contribution is 9.10. The Morgan fingerprint density at radius 3 is 2.79 bits per heavy atom. The molecule has 0 unspecified atom stereocenters. The molecule has 0 saturated carbocycles. The Labute approximate surface area is 119 Å². The van der Waals surface area contributed by atoms with E-state index >= 15 is 0 Å². The molecule has 0 radical (unpaired) electrons. The predicted molar refractivity (Wildman–Crippen MR) is 74.2 cm³/mol. The van der Waals surface area contributed by atoms with E-state index in [1.807, 2.05) is 6.07 Å². The molecule has 0 aliphatic heterocycles. The van der Waals surface area contributed by atoms with Crippen LogP contribution in [-0.2, 0) is 16.4 Å². The van der Waals surface area contributed by atoms with Gasteiger partial charge in [0.15, 0.2) is 4.67 Å². The standard InChI is InChI=1S/C11H12BrN3O3S/c12-10-4-3-8(18-10)5-7-15-11-9(19(13,16)17)2-1-6-14-11/h1-4,6H,5,7H2,(H,14,15)(H2,13,16,17). The fourth-order valence-corrected chi connectivity index (χ4v) is 2.55. The number of hydrogen-bond acceptors (Lipinski definition) is 5. The minimum Gasteiger partial charge on any atom is -0.454 e. The number of hydrogen-bond donors (Lipinski definition) is 2. The van der Waals surface area contributed by atoms with Crippen molar-refractivity contribution in [1.29, 1.82) is 0 Å². The van der Waals surface area contributed by atoms with Crippen LogP contribution in [0, 0.1) is 0 Å². The maximum Gasteiger partial charge on any atom is 0.241 e. The lowest BCUT2D eigenvalue weighted by Crippen LogP contribution is -2.16. The molecule has 2 heterocycles. The van der Waals surface area contributed by atoms with Crippen LogP contribution in [0.4, 0.5) is 5.82 Å². The zero-order valence-electron chi connectivity index (χ0n) is 9.84. The van der Waals surface area contributed by atoms with E-state index in [0.717, 1.165) is 5.76 Å². The summed E-state index contributed by atoms with van der Waals surface area (Å²) in [6, 6.07) is 6.57. The van der Waals surface area contributed by atoms with Gasteiger partial charge in [0.1, 0.15) is 16.5 Å². The molecule has 102 valence electrons. The lowest BCUT2D eigenvalue weighted by molar-refractivity contribution is 0.491. The average Bonchev–Trinajstić information content (AvgIpc) is 2.74. The molecule has 0 atom stereocenters. The number of nitrogens with zero attached hydrogens (tertiary/aromatic N) is 1. The van der Waals surface area contributed by atoms with Gasteiger partial charge in [-0.2, -0.15) is 0 Å². The van der Waals surface area contributed by atoms with Crippen molar-refractivity contribution in [3.05, 3.63) is 40.9 Å². The van der Waals surface area contributed by atoms with E-state index in [9.17, 15) is 8.42 Å². The van der Waals surface area contributed by atoms with Crippen molar-refractivity contribution in [2.45, 2.75) is 11.3 Å². The van der Waals surface area contributed by atoms with Crippen molar-refractivity contribution >= 4 is 31.8 Å². The van der Waals surface area contributed by atoms with E-state index in [2.05, 4.69) is 26.2 Å². The molecule has 2 aromatic rings. The number of aromatic nitrogens is 1. The third-order valence-corrected chi connectivity index (χ3v) is 3.74. The maximum atomic E-state index is 11.4. The average molecular weight is 346 g/mol. The number of rotatable bonds is 5. The molecule has 0 aliphatic carbocycles. The normalized spacial score (nSPS) is 11.5. The number of nitrogens with one attached hydrogen (secondary N) is 1. The Bertz CT molecular complexity index is 669. The van der Waals surface area contributed by atoms with Gasteiger partial charge in [-0.1, -0.05) is 0 Å². The third kappa shape index (κ3) is 3.79. The molecule has 0 aromatic carbocycles. The highest BCUT2D eigenvalue weighted by Gasteiger charge is 2.14. The summed E-state index contributed by atoms with van der Waals surface area (Å²) in [6.45, 7) is 0.486. The van der Waals surface area contributed by atoms with Gasteiger partial charge < -0.3 is 9.73 Å². The largest absolute Gasteiger partial charge is 0.454 e. The van der Waals surface area contributed by atoms with Crippen LogP contribution in [-0.4, -0.2) is 19.9 Å². The minimum absolute atomic E-state index is 0.0179. The molecule has 0 amide bonds. The molecule has 0 saturated heterocycles. The van der Waals surface area contributed by atoms with Crippen molar-refractivity contribution in [3.63, 3.8) is 0 Å². The van der Waals surface area contributed by atoms with Crippen molar-refractivity contribution in [2.75, 3.05) is 11.9 Å². The summed E-state index contributed by atoms with van der Waals surface area (Å²) in [5, 5.41) is 8.04. The molecule has 8 heteroatoms. The molecule has 0 bridgehead atoms. The number of anilines is 1. The Morgan fingerprint density at radius 1 is 1.37 bits per heavy atom. The molecule has 0 fully saturated rings. The first-order chi connectivity index (χ1) is 8.97. The van der Waals surface area contributed by atoms with Gasteiger partial charge in [0.2, 0.25) is 10.0 Å². The van der Waals surface area contributed by atoms with E-state index < -0.39 is 10.0 Å². The molecule has 2 aromatic heterocycles. The first kappa shape index (κ1) is 14.0. The Hall–Kier alpha value is -1.38. The zero-order chi connectivity index (χ0) is 13.9. The van der Waals surface area contributed by atoms with Gasteiger partial charge in [0, 0.05) is 19.2 Å². The number of halogens is 1. The van der Waals surface area contributed by atoms with E-state index in [1.165, 1.54) is 18.3 Å². The van der Waals surface area contributed by atoms with Crippen molar-refractivity contribution < 1.29 is 12.8 Å². The second kappa shape index (κ2) is 5.72. The SMILES string of the molecule is NS(=O)(=O)c1cccnc1NCCc1ccc(Br)o1. The Morgan fingerprint density at radius 2 is 2.16 bits per heavy atom. The highest BCUT2D eigenvalue weighted by atomic mass is 79.9. The van der Waals surface area contributed by atoms with E-state index in [4.69, 9.17) is 9.56 Å². The van der Waals surface area contributed by atoms with Gasteiger partial charge in [-0.05, 0) is 40.2 Å². The molecular formula is C11H12BrN3O3S. The maximum absolute atomic E-state index is 11.4. The fraction of sp³-hybridized carbons (Fsp3) is 0.182. The summed E-state index contributed by atoms with van der Waals surface area (Å²) in [5.74, 6) is 1.03. The summed E-state index contributed by atoms with van der Waals surface area (Å²) in [6.07, 6.45) is 2.10. The van der Waals surface area contributed by atoms with Crippen LogP contribution in [0.3, 0.4) is 0 Å². The molecule has 0 aliphatic rings. The first-order valence-corrected chi connectivity index (χ1v) is 7.76.